The number of likely N-dealkylation sites (N-methyl/N-ethyl adjacent to an activating group) is 1. The van der Waals surface area contributed by atoms with Crippen LogP contribution in [0.15, 0.2) is 60.9 Å². The van der Waals surface area contributed by atoms with E-state index in [0.717, 1.165) is 55.1 Å². The summed E-state index contributed by atoms with van der Waals surface area (Å²) in [5.74, 6) is -1.18. The van der Waals surface area contributed by atoms with Gasteiger partial charge in [-0.3, -0.25) is 0 Å². The third-order valence-corrected chi connectivity index (χ3v) is 8.18. The van der Waals surface area contributed by atoms with E-state index in [1.54, 1.807) is 20.4 Å². The quantitative estimate of drug-likeness (QED) is 0.335. The van der Waals surface area contributed by atoms with Crippen molar-refractivity contribution in [2.75, 3.05) is 33.1 Å². The summed E-state index contributed by atoms with van der Waals surface area (Å²) in [6.45, 7) is 1.09. The van der Waals surface area contributed by atoms with Gasteiger partial charge in [0.2, 0.25) is 0 Å². The van der Waals surface area contributed by atoms with E-state index < -0.39 is 12.1 Å². The van der Waals surface area contributed by atoms with Gasteiger partial charge in [-0.15, -0.1) is 0 Å². The van der Waals surface area contributed by atoms with Crippen LogP contribution in [0.5, 0.6) is 11.5 Å². The number of aromatic nitrogens is 2. The number of nitrogens with zero attached hydrogens (tertiary/aromatic N) is 3. The molecule has 1 saturated carbocycles. The average Bonchev–Trinajstić information content (AvgIpc) is 3.62. The molecule has 226 valence electrons. The van der Waals surface area contributed by atoms with Gasteiger partial charge in [0, 0.05) is 35.6 Å². The number of carboxylic acids is 1. The van der Waals surface area contributed by atoms with Crippen molar-refractivity contribution in [2.45, 2.75) is 49.4 Å². The minimum atomic E-state index is -5.08. The molecule has 3 N–H and O–H groups in total. The molecular weight excluding hydrogens is 571 g/mol. The van der Waals surface area contributed by atoms with Crippen LogP contribution in [-0.4, -0.2) is 76.9 Å². The molecule has 1 aliphatic heterocycles. The summed E-state index contributed by atoms with van der Waals surface area (Å²) in [4.78, 5) is 11.4. The number of carboxylic acid groups (broad SMARTS) is 1. The molecule has 0 radical (unpaired) electrons. The van der Waals surface area contributed by atoms with Gasteiger partial charge in [0.25, 0.3) is 0 Å². The summed E-state index contributed by atoms with van der Waals surface area (Å²) >= 11 is 5.68. The van der Waals surface area contributed by atoms with E-state index in [-0.39, 0.29) is 5.41 Å². The number of fused-ring (bicyclic) bond motifs is 1. The highest BCUT2D eigenvalue weighted by Crippen LogP contribution is 2.49. The summed E-state index contributed by atoms with van der Waals surface area (Å²) in [6.07, 6.45) is 3.00. The lowest BCUT2D eigenvalue weighted by Gasteiger charge is -2.45. The monoisotopic (exact) mass is 605 g/mol. The third kappa shape index (κ3) is 6.96. The molecule has 5 rings (SSSR count). The summed E-state index contributed by atoms with van der Waals surface area (Å²) in [5, 5.41) is 19.0. The molecule has 2 fully saturated rings. The molecule has 0 unspecified atom stereocenters. The van der Waals surface area contributed by atoms with E-state index in [2.05, 4.69) is 39.8 Å². The zero-order valence-corrected chi connectivity index (χ0v) is 24.3. The van der Waals surface area contributed by atoms with Crippen LogP contribution >= 0.6 is 12.2 Å². The molecule has 9 nitrogen and oxygen atoms in total. The topological polar surface area (TPSA) is 101 Å². The highest BCUT2D eigenvalue weighted by atomic mass is 32.1. The fraction of sp³-hybridized carbons (Fsp3) is 0.414. The molecule has 0 bridgehead atoms. The summed E-state index contributed by atoms with van der Waals surface area (Å²) < 4.78 is 44.7. The second kappa shape index (κ2) is 13.0. The van der Waals surface area contributed by atoms with Gasteiger partial charge in [-0.2, -0.15) is 18.3 Å². The van der Waals surface area contributed by atoms with Gasteiger partial charge in [-0.1, -0.05) is 6.07 Å². The van der Waals surface area contributed by atoms with Crippen molar-refractivity contribution >= 4 is 29.0 Å². The number of methoxy groups -OCH3 is 2. The first-order chi connectivity index (χ1) is 20.0. The number of halogens is 3. The Morgan fingerprint density at radius 3 is 2.40 bits per heavy atom. The van der Waals surface area contributed by atoms with E-state index in [1.165, 1.54) is 5.56 Å². The number of carbonyl (C=O) groups is 1. The van der Waals surface area contributed by atoms with Gasteiger partial charge in [0.1, 0.15) is 0 Å². The normalized spacial score (nSPS) is 21.9. The first kappa shape index (κ1) is 31.1. The van der Waals surface area contributed by atoms with Gasteiger partial charge in [0.05, 0.1) is 19.9 Å². The molecule has 1 aliphatic carbocycles. The Morgan fingerprint density at radius 1 is 1.12 bits per heavy atom. The van der Waals surface area contributed by atoms with Gasteiger partial charge in [-0.25, -0.2) is 9.48 Å². The fourth-order valence-corrected chi connectivity index (χ4v) is 6.15. The minimum absolute atomic E-state index is 0.129. The number of hydrogen-bond acceptors (Lipinski definition) is 6. The van der Waals surface area contributed by atoms with E-state index in [9.17, 15) is 13.2 Å². The molecule has 13 heteroatoms. The zero-order valence-electron chi connectivity index (χ0n) is 23.5. The number of thiocarbonyl (C=S) groups is 1. The Balaban J connectivity index is 0.000000517. The van der Waals surface area contributed by atoms with Crippen molar-refractivity contribution in [3.63, 3.8) is 0 Å². The van der Waals surface area contributed by atoms with Crippen LogP contribution < -0.4 is 20.1 Å². The van der Waals surface area contributed by atoms with Crippen LogP contribution in [0.1, 0.15) is 31.2 Å². The molecule has 0 amide bonds. The number of anilines is 1. The van der Waals surface area contributed by atoms with Crippen LogP contribution in [0, 0.1) is 0 Å². The molecule has 3 atom stereocenters. The lowest BCUT2D eigenvalue weighted by Crippen LogP contribution is -2.52. The predicted octanol–water partition coefficient (Wildman–Crippen LogP) is 5.00. The van der Waals surface area contributed by atoms with Crippen molar-refractivity contribution in [2.24, 2.45) is 0 Å². The predicted molar refractivity (Wildman–Crippen MR) is 157 cm³/mol. The van der Waals surface area contributed by atoms with Crippen molar-refractivity contribution in [3.8, 4) is 17.2 Å². The van der Waals surface area contributed by atoms with Crippen molar-refractivity contribution in [3.05, 3.63) is 66.5 Å². The molecule has 1 saturated heterocycles. The van der Waals surface area contributed by atoms with Crippen LogP contribution in [0.25, 0.3) is 5.69 Å². The maximum absolute atomic E-state index is 10.6. The van der Waals surface area contributed by atoms with Crippen LogP contribution in [0.4, 0.5) is 18.9 Å². The zero-order chi connectivity index (χ0) is 30.5. The maximum atomic E-state index is 10.6. The molecule has 2 heterocycles. The third-order valence-electron chi connectivity index (χ3n) is 7.96. The second-order valence-corrected chi connectivity index (χ2v) is 10.8. The van der Waals surface area contributed by atoms with Gasteiger partial charge >= 0.3 is 12.1 Å². The largest absolute Gasteiger partial charge is 0.493 e. The highest BCUT2D eigenvalue weighted by molar-refractivity contribution is 7.80. The number of ether oxygens (including phenoxy) is 2. The van der Waals surface area contributed by atoms with Crippen LogP contribution in [-0.2, 0) is 10.2 Å². The van der Waals surface area contributed by atoms with Crippen LogP contribution in [0.3, 0.4) is 0 Å². The maximum Gasteiger partial charge on any atom is 0.490 e. The second-order valence-electron chi connectivity index (χ2n) is 10.3. The molecule has 2 aromatic carbocycles. The van der Waals surface area contributed by atoms with E-state index >= 15 is 0 Å². The summed E-state index contributed by atoms with van der Waals surface area (Å²) in [5.41, 5.74) is 3.46. The standard InChI is InChI=1S/C27H33N5O2S.C2HF3O2/c1-31-16-13-27(19-5-10-23(33-2)24(17-19)34-3)12-11-21(18-25(27)31)30-26(35)29-20-6-8-22(9-7-20)32-15-4-14-28-32;3-2(4,5)1(6)7/h4-10,14-15,17,21,25H,11-13,16,18H2,1-3H3,(H2,29,30,35);(H,6,7)/t21-,25+,27+;/m1./s1. The van der Waals surface area contributed by atoms with Crippen molar-refractivity contribution in [1.29, 1.82) is 0 Å². The lowest BCUT2D eigenvalue weighted by molar-refractivity contribution is -0.192. The van der Waals surface area contributed by atoms with Crippen LogP contribution in [0.2, 0.25) is 0 Å². The minimum Gasteiger partial charge on any atom is -0.493 e. The molecule has 0 spiro atoms. The highest BCUT2D eigenvalue weighted by Gasteiger charge is 2.50. The fourth-order valence-electron chi connectivity index (χ4n) is 5.87. The van der Waals surface area contributed by atoms with E-state index in [0.29, 0.717) is 17.2 Å². The molecule has 2 aliphatic rings. The summed E-state index contributed by atoms with van der Waals surface area (Å²) in [7, 11) is 5.63. The molecule has 42 heavy (non-hydrogen) atoms. The number of aliphatic carboxylic acids is 1. The Kier molecular flexibility index (Phi) is 9.62. The first-order valence-electron chi connectivity index (χ1n) is 13.4. The van der Waals surface area contributed by atoms with E-state index in [4.69, 9.17) is 31.6 Å². The number of nitrogens with one attached hydrogen (secondary N) is 2. The first-order valence-corrected chi connectivity index (χ1v) is 13.8. The Labute approximate surface area is 247 Å². The lowest BCUT2D eigenvalue weighted by atomic mass is 9.65. The number of alkyl halides is 3. The number of likely N-dealkylation sites (tertiary alicyclic amines) is 1. The van der Waals surface area contributed by atoms with Gasteiger partial charge < -0.3 is 30.1 Å². The Morgan fingerprint density at radius 2 is 1.81 bits per heavy atom. The molecule has 1 aromatic heterocycles. The summed E-state index contributed by atoms with van der Waals surface area (Å²) in [6, 6.07) is 17.2. The Hall–Kier alpha value is -3.84. The smallest absolute Gasteiger partial charge is 0.490 e. The van der Waals surface area contributed by atoms with Crippen molar-refractivity contribution < 1.29 is 32.5 Å². The average molecular weight is 606 g/mol. The van der Waals surface area contributed by atoms with Crippen molar-refractivity contribution in [1.82, 2.24) is 20.0 Å². The number of rotatable bonds is 6. The number of benzene rings is 2. The molecular formula is C29H34F3N5O4S. The SMILES string of the molecule is COc1ccc([C@@]23CC[C@@H](NC(=S)Nc4ccc(-n5cccn5)cc4)C[C@@H]2N(C)CC3)cc1OC.O=C(O)C(F)(F)F. The van der Waals surface area contributed by atoms with Gasteiger partial charge in [-0.05, 0) is 99.5 Å². The van der Waals surface area contributed by atoms with E-state index in [1.807, 2.05) is 47.3 Å². The van der Waals surface area contributed by atoms with Gasteiger partial charge in [0.15, 0.2) is 16.6 Å². The number of hydrogen-bond donors (Lipinski definition) is 3. The molecule has 3 aromatic rings. The Bertz CT molecular complexity index is 1370.